The Morgan fingerprint density at radius 2 is 1.71 bits per heavy atom. The zero-order valence-corrected chi connectivity index (χ0v) is 21.8. The first kappa shape index (κ1) is 26.7. The number of rotatable bonds is 5. The average Bonchev–Trinajstić information content (AvgIpc) is 2.89. The van der Waals surface area contributed by atoms with Gasteiger partial charge < -0.3 is 19.9 Å². The molecule has 38 heavy (non-hydrogen) atoms. The summed E-state index contributed by atoms with van der Waals surface area (Å²) in [6.45, 7) is 7.52. The van der Waals surface area contributed by atoms with Gasteiger partial charge in [-0.3, -0.25) is 4.79 Å². The molecule has 1 N–H and O–H groups in total. The maximum atomic E-state index is 14.0. The summed E-state index contributed by atoms with van der Waals surface area (Å²) in [4.78, 5) is 51.7. The van der Waals surface area contributed by atoms with Gasteiger partial charge in [0.1, 0.15) is 17.1 Å². The lowest BCUT2D eigenvalue weighted by atomic mass is 10.1. The minimum Gasteiger partial charge on any atom is -0.459 e. The maximum Gasteiger partial charge on any atom is 0.342 e. The van der Waals surface area contributed by atoms with Gasteiger partial charge in [-0.1, -0.05) is 42.5 Å². The first-order chi connectivity index (χ1) is 18.2. The van der Waals surface area contributed by atoms with E-state index in [0.717, 1.165) is 0 Å². The molecule has 2 aromatic carbocycles. The molecule has 1 aliphatic rings. The van der Waals surface area contributed by atoms with Crippen molar-refractivity contribution in [3.63, 3.8) is 0 Å². The Morgan fingerprint density at radius 3 is 2.37 bits per heavy atom. The van der Waals surface area contributed by atoms with E-state index in [2.05, 4.69) is 15.3 Å². The highest BCUT2D eigenvalue weighted by Gasteiger charge is 2.34. The highest BCUT2D eigenvalue weighted by molar-refractivity contribution is 6.05. The predicted molar refractivity (Wildman–Crippen MR) is 140 cm³/mol. The molecule has 9 nitrogen and oxygen atoms in total. The Labute approximate surface area is 220 Å². The Morgan fingerprint density at radius 1 is 1.03 bits per heavy atom. The Kier molecular flexibility index (Phi) is 7.99. The number of benzene rings is 2. The number of esters is 1. The normalized spacial score (nSPS) is 15.4. The Hall–Kier alpha value is -4.34. The van der Waals surface area contributed by atoms with Crippen molar-refractivity contribution in [3.8, 4) is 11.4 Å². The highest BCUT2D eigenvalue weighted by atomic mass is 19.1. The number of aromatic nitrogens is 2. The van der Waals surface area contributed by atoms with Crippen LogP contribution in [0.5, 0.6) is 0 Å². The molecular weight excluding hydrogens is 489 g/mol. The van der Waals surface area contributed by atoms with Crippen LogP contribution in [0.4, 0.5) is 14.9 Å². The molecule has 10 heteroatoms. The van der Waals surface area contributed by atoms with Crippen molar-refractivity contribution in [2.75, 3.05) is 25.0 Å². The van der Waals surface area contributed by atoms with Crippen LogP contribution in [0.2, 0.25) is 0 Å². The van der Waals surface area contributed by atoms with Gasteiger partial charge in [0.15, 0.2) is 5.82 Å². The molecule has 1 fully saturated rings. The number of ether oxygens (including phenoxy) is 1. The van der Waals surface area contributed by atoms with Gasteiger partial charge in [0.25, 0.3) is 5.91 Å². The number of carbonyl (C=O) groups excluding carboxylic acids is 3. The van der Waals surface area contributed by atoms with Crippen molar-refractivity contribution < 1.29 is 23.5 Å². The van der Waals surface area contributed by atoms with Gasteiger partial charge in [-0.15, -0.1) is 0 Å². The summed E-state index contributed by atoms with van der Waals surface area (Å²) in [5.74, 6) is -1.33. The third-order valence-corrected chi connectivity index (χ3v) is 6.16. The van der Waals surface area contributed by atoms with Crippen LogP contribution in [0.25, 0.3) is 11.4 Å². The van der Waals surface area contributed by atoms with Crippen LogP contribution in [0.3, 0.4) is 0 Å². The van der Waals surface area contributed by atoms with Crippen molar-refractivity contribution in [3.05, 3.63) is 77.4 Å². The summed E-state index contributed by atoms with van der Waals surface area (Å²) in [7, 11) is 0. The second-order valence-electron chi connectivity index (χ2n) is 9.38. The van der Waals surface area contributed by atoms with Crippen LogP contribution in [0.1, 0.15) is 47.3 Å². The number of nitrogens with zero attached hydrogens (tertiary/aromatic N) is 4. The zero-order chi connectivity index (χ0) is 27.4. The van der Waals surface area contributed by atoms with Gasteiger partial charge in [0.05, 0.1) is 17.5 Å². The van der Waals surface area contributed by atoms with Crippen molar-refractivity contribution in [1.29, 1.82) is 0 Å². The SMILES string of the molecule is Cc1nc(-c2ccccc2)nc(C(=O)N2CCN(C(=O)Nc3ccccc3F)C(C)C2)c1C(=O)OC(C)C. The molecule has 1 saturated heterocycles. The van der Waals surface area contributed by atoms with Crippen molar-refractivity contribution in [1.82, 2.24) is 19.8 Å². The fourth-order valence-corrected chi connectivity index (χ4v) is 4.30. The first-order valence-electron chi connectivity index (χ1n) is 12.4. The Balaban J connectivity index is 1.59. The number of aryl methyl sites for hydroxylation is 1. The molecule has 0 radical (unpaired) electrons. The van der Waals surface area contributed by atoms with Crippen molar-refractivity contribution in [2.45, 2.75) is 39.8 Å². The summed E-state index contributed by atoms with van der Waals surface area (Å²) in [5.41, 5.74) is 1.11. The minimum atomic E-state index is -0.670. The van der Waals surface area contributed by atoms with E-state index in [-0.39, 0.29) is 42.6 Å². The number of anilines is 1. The van der Waals surface area contributed by atoms with Gasteiger partial charge in [-0.2, -0.15) is 0 Å². The molecule has 2 heterocycles. The highest BCUT2D eigenvalue weighted by Crippen LogP contribution is 2.23. The number of para-hydroxylation sites is 1. The number of amides is 3. The molecule has 0 bridgehead atoms. The molecule has 0 spiro atoms. The van der Waals surface area contributed by atoms with E-state index in [4.69, 9.17) is 4.74 Å². The van der Waals surface area contributed by atoms with Crippen LogP contribution < -0.4 is 5.32 Å². The molecule has 1 atom stereocenters. The van der Waals surface area contributed by atoms with Gasteiger partial charge in [0, 0.05) is 31.2 Å². The maximum absolute atomic E-state index is 14.0. The molecule has 1 unspecified atom stereocenters. The van der Waals surface area contributed by atoms with Crippen LogP contribution >= 0.6 is 0 Å². The molecule has 3 amide bonds. The van der Waals surface area contributed by atoms with E-state index in [1.165, 1.54) is 12.1 Å². The number of hydrogen-bond acceptors (Lipinski definition) is 6. The van der Waals surface area contributed by atoms with Crippen LogP contribution in [0, 0.1) is 12.7 Å². The molecule has 1 aromatic heterocycles. The van der Waals surface area contributed by atoms with E-state index in [9.17, 15) is 18.8 Å². The van der Waals surface area contributed by atoms with Gasteiger partial charge >= 0.3 is 12.0 Å². The average molecular weight is 520 g/mol. The zero-order valence-electron chi connectivity index (χ0n) is 21.8. The molecule has 0 saturated carbocycles. The van der Waals surface area contributed by atoms with E-state index in [1.54, 1.807) is 49.6 Å². The number of piperazine rings is 1. The van der Waals surface area contributed by atoms with Crippen molar-refractivity contribution >= 4 is 23.6 Å². The fourth-order valence-electron chi connectivity index (χ4n) is 4.30. The van der Waals surface area contributed by atoms with Crippen molar-refractivity contribution in [2.24, 2.45) is 0 Å². The largest absolute Gasteiger partial charge is 0.459 e. The number of carbonyl (C=O) groups is 3. The summed E-state index contributed by atoms with van der Waals surface area (Å²) >= 11 is 0. The van der Waals surface area contributed by atoms with Gasteiger partial charge in [0.2, 0.25) is 0 Å². The molecule has 4 rings (SSSR count). The summed E-state index contributed by atoms with van der Waals surface area (Å²) in [6, 6.07) is 14.3. The smallest absolute Gasteiger partial charge is 0.342 e. The topological polar surface area (TPSA) is 105 Å². The molecular formula is C28H30FN5O4. The third kappa shape index (κ3) is 5.80. The van der Waals surface area contributed by atoms with Gasteiger partial charge in [-0.25, -0.2) is 23.9 Å². The fraction of sp³-hybridized carbons (Fsp3) is 0.321. The van der Waals surface area contributed by atoms with Crippen LogP contribution in [-0.2, 0) is 4.74 Å². The number of urea groups is 1. The second-order valence-corrected chi connectivity index (χ2v) is 9.38. The standard InChI is InChI=1S/C28H30FN5O4/c1-17(2)38-27(36)23-19(4)30-25(20-10-6-5-7-11-20)32-24(23)26(35)33-14-15-34(18(3)16-33)28(37)31-22-13-9-8-12-21(22)29/h5-13,17-18H,14-16H2,1-4H3,(H,31,37). The van der Waals surface area contributed by atoms with Gasteiger partial charge in [-0.05, 0) is 39.8 Å². The Bertz CT molecular complexity index is 1350. The number of halogens is 1. The quantitative estimate of drug-likeness (QED) is 0.497. The first-order valence-corrected chi connectivity index (χ1v) is 12.4. The van der Waals surface area contributed by atoms with E-state index < -0.39 is 29.8 Å². The summed E-state index contributed by atoms with van der Waals surface area (Å²) in [5, 5.41) is 2.59. The predicted octanol–water partition coefficient (Wildman–Crippen LogP) is 4.53. The lowest BCUT2D eigenvalue weighted by Gasteiger charge is -2.39. The van der Waals surface area contributed by atoms with Crippen LogP contribution in [0.15, 0.2) is 54.6 Å². The molecule has 3 aromatic rings. The molecule has 198 valence electrons. The van der Waals surface area contributed by atoms with E-state index in [1.807, 2.05) is 30.3 Å². The summed E-state index contributed by atoms with van der Waals surface area (Å²) in [6.07, 6.45) is -0.393. The lowest BCUT2D eigenvalue weighted by Crippen LogP contribution is -2.56. The van der Waals surface area contributed by atoms with Crippen LogP contribution in [-0.4, -0.2) is 69.5 Å². The third-order valence-electron chi connectivity index (χ3n) is 6.16. The monoisotopic (exact) mass is 519 g/mol. The number of nitrogens with one attached hydrogen (secondary N) is 1. The van der Waals surface area contributed by atoms with E-state index in [0.29, 0.717) is 17.1 Å². The number of hydrogen-bond donors (Lipinski definition) is 1. The molecule has 1 aliphatic heterocycles. The second kappa shape index (κ2) is 11.4. The summed E-state index contributed by atoms with van der Waals surface area (Å²) < 4.78 is 19.4. The lowest BCUT2D eigenvalue weighted by molar-refractivity contribution is 0.0367. The molecule has 0 aliphatic carbocycles. The van der Waals surface area contributed by atoms with E-state index >= 15 is 0 Å². The minimum absolute atomic E-state index is 0.0239.